The molecule has 3 aromatic carbocycles. The molecule has 0 spiro atoms. The number of amides is 1. The molecule has 0 unspecified atom stereocenters. The van der Waals surface area contributed by atoms with Crippen LogP contribution in [0.1, 0.15) is 5.56 Å². The SMILES string of the molecule is Nc1c(N(CCO)C(=O)COc2ccc3ccccc3c2)c(=O)[nH]c(=O)n1Cc1ccccc1. The van der Waals surface area contributed by atoms with Crippen LogP contribution in [-0.2, 0) is 11.3 Å². The Morgan fingerprint density at radius 3 is 2.44 bits per heavy atom. The van der Waals surface area contributed by atoms with Gasteiger partial charge in [-0.05, 0) is 28.5 Å². The molecular weight excluding hydrogens is 436 g/mol. The summed E-state index contributed by atoms with van der Waals surface area (Å²) in [5.41, 5.74) is 5.26. The molecule has 174 valence electrons. The highest BCUT2D eigenvalue weighted by atomic mass is 16.5. The van der Waals surface area contributed by atoms with Crippen molar-refractivity contribution >= 4 is 28.2 Å². The van der Waals surface area contributed by atoms with Crippen LogP contribution in [0.25, 0.3) is 10.8 Å². The van der Waals surface area contributed by atoms with Crippen LogP contribution >= 0.6 is 0 Å². The van der Waals surface area contributed by atoms with Crippen molar-refractivity contribution in [1.82, 2.24) is 9.55 Å². The standard InChI is InChI=1S/C25H24N4O5/c26-23-22(24(32)27-25(33)29(23)15-17-6-2-1-3-7-17)28(12-13-30)21(31)16-34-20-11-10-18-8-4-5-9-19(18)14-20/h1-11,14,30H,12-13,15-16,26H2,(H,27,32,33). The third-order valence-corrected chi connectivity index (χ3v) is 5.38. The van der Waals surface area contributed by atoms with E-state index in [1.165, 1.54) is 4.57 Å². The number of fused-ring (bicyclic) bond motifs is 1. The van der Waals surface area contributed by atoms with Crippen molar-refractivity contribution in [1.29, 1.82) is 0 Å². The fourth-order valence-electron chi connectivity index (χ4n) is 3.70. The van der Waals surface area contributed by atoms with Crippen LogP contribution in [0, 0.1) is 0 Å². The Labute approximate surface area is 194 Å². The second-order valence-corrected chi connectivity index (χ2v) is 7.63. The highest BCUT2D eigenvalue weighted by Gasteiger charge is 2.24. The van der Waals surface area contributed by atoms with Crippen molar-refractivity contribution in [2.45, 2.75) is 6.54 Å². The molecule has 1 amide bonds. The number of nitrogen functional groups attached to an aromatic ring is 1. The van der Waals surface area contributed by atoms with E-state index in [4.69, 9.17) is 10.5 Å². The van der Waals surface area contributed by atoms with Gasteiger partial charge in [-0.1, -0.05) is 60.7 Å². The van der Waals surface area contributed by atoms with Gasteiger partial charge >= 0.3 is 5.69 Å². The van der Waals surface area contributed by atoms with Crippen LogP contribution in [0.4, 0.5) is 11.5 Å². The second-order valence-electron chi connectivity index (χ2n) is 7.63. The minimum absolute atomic E-state index is 0.101. The Kier molecular flexibility index (Phi) is 6.74. The summed E-state index contributed by atoms with van der Waals surface area (Å²) in [5.74, 6) is -0.290. The molecule has 0 aliphatic carbocycles. The van der Waals surface area contributed by atoms with E-state index in [0.29, 0.717) is 5.75 Å². The van der Waals surface area contributed by atoms with E-state index in [9.17, 15) is 19.5 Å². The second kappa shape index (κ2) is 10.1. The lowest BCUT2D eigenvalue weighted by Crippen LogP contribution is -2.44. The predicted molar refractivity (Wildman–Crippen MR) is 130 cm³/mol. The number of hydrogen-bond donors (Lipinski definition) is 3. The third-order valence-electron chi connectivity index (χ3n) is 5.38. The fraction of sp³-hybridized carbons (Fsp3) is 0.160. The van der Waals surface area contributed by atoms with Gasteiger partial charge in [0.05, 0.1) is 13.2 Å². The molecule has 9 nitrogen and oxygen atoms in total. The lowest BCUT2D eigenvalue weighted by Gasteiger charge is -2.24. The summed E-state index contributed by atoms with van der Waals surface area (Å²) in [6.45, 7) is -0.909. The van der Waals surface area contributed by atoms with Crippen LogP contribution in [0.5, 0.6) is 5.75 Å². The maximum atomic E-state index is 13.0. The summed E-state index contributed by atoms with van der Waals surface area (Å²) in [6, 6.07) is 22.2. The lowest BCUT2D eigenvalue weighted by molar-refractivity contribution is -0.120. The quantitative estimate of drug-likeness (QED) is 0.367. The van der Waals surface area contributed by atoms with Crippen LogP contribution in [0.15, 0.2) is 82.4 Å². The van der Waals surface area contributed by atoms with Gasteiger partial charge in [0.15, 0.2) is 12.3 Å². The van der Waals surface area contributed by atoms with E-state index in [-0.39, 0.29) is 24.6 Å². The monoisotopic (exact) mass is 460 g/mol. The summed E-state index contributed by atoms with van der Waals surface area (Å²) in [4.78, 5) is 41.4. The normalized spacial score (nSPS) is 10.9. The number of ether oxygens (including phenoxy) is 1. The maximum Gasteiger partial charge on any atom is 0.330 e. The maximum absolute atomic E-state index is 13.0. The molecule has 0 fully saturated rings. The van der Waals surface area contributed by atoms with Crippen LogP contribution in [0.3, 0.4) is 0 Å². The first-order chi connectivity index (χ1) is 16.5. The largest absolute Gasteiger partial charge is 0.484 e. The Balaban J connectivity index is 1.61. The molecule has 0 saturated carbocycles. The van der Waals surface area contributed by atoms with Crippen molar-refractivity contribution in [3.8, 4) is 5.75 Å². The van der Waals surface area contributed by atoms with Gasteiger partial charge in [0.1, 0.15) is 11.6 Å². The van der Waals surface area contributed by atoms with Crippen molar-refractivity contribution in [3.63, 3.8) is 0 Å². The average molecular weight is 460 g/mol. The third kappa shape index (κ3) is 4.84. The molecule has 0 radical (unpaired) electrons. The van der Waals surface area contributed by atoms with E-state index < -0.39 is 30.4 Å². The number of aromatic amines is 1. The summed E-state index contributed by atoms with van der Waals surface area (Å²) >= 11 is 0. The van der Waals surface area contributed by atoms with Gasteiger partial charge in [-0.2, -0.15) is 0 Å². The lowest BCUT2D eigenvalue weighted by atomic mass is 10.1. The minimum Gasteiger partial charge on any atom is -0.484 e. The van der Waals surface area contributed by atoms with Crippen molar-refractivity contribution in [3.05, 3.63) is 99.2 Å². The zero-order chi connectivity index (χ0) is 24.1. The highest BCUT2D eigenvalue weighted by Crippen LogP contribution is 2.22. The average Bonchev–Trinajstić information content (AvgIpc) is 2.85. The van der Waals surface area contributed by atoms with Crippen LogP contribution < -0.4 is 26.6 Å². The highest BCUT2D eigenvalue weighted by molar-refractivity contribution is 5.96. The van der Waals surface area contributed by atoms with Crippen LogP contribution in [-0.4, -0.2) is 40.3 Å². The zero-order valence-electron chi connectivity index (χ0n) is 18.3. The molecule has 4 aromatic rings. The number of aliphatic hydroxyl groups is 1. The molecule has 4 rings (SSSR count). The summed E-state index contributed by atoms with van der Waals surface area (Å²) < 4.78 is 6.83. The molecule has 1 heterocycles. The molecular formula is C25H24N4O5. The predicted octanol–water partition coefficient (Wildman–Crippen LogP) is 1.72. The van der Waals surface area contributed by atoms with Gasteiger partial charge in [0.2, 0.25) is 0 Å². The summed E-state index contributed by atoms with van der Waals surface area (Å²) in [5, 5.41) is 11.5. The summed E-state index contributed by atoms with van der Waals surface area (Å²) in [6.07, 6.45) is 0. The molecule has 0 aliphatic heterocycles. The Morgan fingerprint density at radius 1 is 1.00 bits per heavy atom. The number of carbonyl (C=O) groups is 1. The number of anilines is 2. The molecule has 0 aliphatic rings. The molecule has 0 atom stereocenters. The van der Waals surface area contributed by atoms with Gasteiger partial charge in [0.25, 0.3) is 11.5 Å². The van der Waals surface area contributed by atoms with Gasteiger partial charge in [-0.25, -0.2) is 4.79 Å². The van der Waals surface area contributed by atoms with Gasteiger partial charge in [-0.3, -0.25) is 24.0 Å². The minimum atomic E-state index is -0.820. The topological polar surface area (TPSA) is 131 Å². The number of carbonyl (C=O) groups excluding carboxylic acids is 1. The number of hydrogen-bond acceptors (Lipinski definition) is 6. The first-order valence-electron chi connectivity index (χ1n) is 10.7. The van der Waals surface area contributed by atoms with Gasteiger partial charge in [-0.15, -0.1) is 0 Å². The number of aromatic nitrogens is 2. The number of benzene rings is 3. The zero-order valence-corrected chi connectivity index (χ0v) is 18.3. The molecule has 0 bridgehead atoms. The van der Waals surface area contributed by atoms with E-state index in [0.717, 1.165) is 21.2 Å². The summed E-state index contributed by atoms with van der Waals surface area (Å²) in [7, 11) is 0. The molecule has 1 aromatic heterocycles. The molecule has 4 N–H and O–H groups in total. The fourth-order valence-corrected chi connectivity index (χ4v) is 3.70. The Morgan fingerprint density at radius 2 is 1.71 bits per heavy atom. The van der Waals surface area contributed by atoms with Crippen molar-refractivity contribution in [2.75, 3.05) is 30.4 Å². The van der Waals surface area contributed by atoms with Gasteiger partial charge < -0.3 is 15.6 Å². The number of nitrogens with one attached hydrogen (secondary N) is 1. The smallest absolute Gasteiger partial charge is 0.330 e. The molecule has 0 saturated heterocycles. The van der Waals surface area contributed by atoms with E-state index in [1.807, 2.05) is 60.7 Å². The van der Waals surface area contributed by atoms with Crippen molar-refractivity contribution in [2.24, 2.45) is 0 Å². The van der Waals surface area contributed by atoms with E-state index in [1.54, 1.807) is 12.1 Å². The van der Waals surface area contributed by atoms with E-state index >= 15 is 0 Å². The Bertz CT molecular complexity index is 1430. The number of nitrogens with zero attached hydrogens (tertiary/aromatic N) is 2. The number of aliphatic hydroxyl groups excluding tert-OH is 1. The first-order valence-corrected chi connectivity index (χ1v) is 10.7. The van der Waals surface area contributed by atoms with Crippen LogP contribution in [0.2, 0.25) is 0 Å². The molecule has 34 heavy (non-hydrogen) atoms. The van der Waals surface area contributed by atoms with Crippen molar-refractivity contribution < 1.29 is 14.6 Å². The molecule has 9 heteroatoms. The van der Waals surface area contributed by atoms with E-state index in [2.05, 4.69) is 4.98 Å². The first kappa shape index (κ1) is 22.8. The number of H-pyrrole nitrogens is 1. The Hall–Kier alpha value is -4.37. The van der Waals surface area contributed by atoms with Gasteiger partial charge in [0, 0.05) is 6.54 Å². The number of rotatable bonds is 8. The number of nitrogens with two attached hydrogens (primary N) is 1.